The molecule has 0 radical (unpaired) electrons. The van der Waals surface area contributed by atoms with Crippen LogP contribution in [0.5, 0.6) is 0 Å². The van der Waals surface area contributed by atoms with Crippen LogP contribution in [0.4, 0.5) is 5.69 Å². The quantitative estimate of drug-likeness (QED) is 0.630. The van der Waals surface area contributed by atoms with Crippen molar-refractivity contribution in [2.24, 2.45) is 0 Å². The molecule has 1 aromatic carbocycles. The zero-order chi connectivity index (χ0) is 22.6. The number of aryl methyl sites for hydroxylation is 3. The van der Waals surface area contributed by atoms with Gasteiger partial charge in [0.2, 0.25) is 10.0 Å². The molecular weight excluding hydrogens is 440 g/mol. The number of hydrogen-bond donors (Lipinski definition) is 1. The van der Waals surface area contributed by atoms with Gasteiger partial charge in [-0.1, -0.05) is 13.0 Å². The second-order valence-electron chi connectivity index (χ2n) is 7.19. The number of hydrogen-bond acceptors (Lipinski definition) is 7. The molecule has 1 aromatic heterocycles. The molecule has 8 nitrogen and oxygen atoms in total. The predicted octanol–water partition coefficient (Wildman–Crippen LogP) is 2.74. The number of carbonyl (C=O) groups excluding carboxylic acids is 2. The standard InChI is InChI=1S/C21H26N2O6S2/c1-4-17-15(3)11-18(30-17)21(25)29-13-20(24)22-16-6-5-14(2)19(12-16)31(26,27)23-7-9-28-10-8-23/h5-6,11-12H,4,7-10,13H2,1-3H3,(H,22,24). The third-order valence-electron chi connectivity index (χ3n) is 4.94. The molecule has 2 aromatic rings. The summed E-state index contributed by atoms with van der Waals surface area (Å²) in [6, 6.07) is 6.43. The number of esters is 1. The lowest BCUT2D eigenvalue weighted by Gasteiger charge is -2.26. The molecule has 10 heteroatoms. The minimum Gasteiger partial charge on any atom is -0.451 e. The highest BCUT2D eigenvalue weighted by Crippen LogP contribution is 2.25. The molecule has 3 rings (SSSR count). The van der Waals surface area contributed by atoms with E-state index in [1.54, 1.807) is 25.1 Å². The minimum absolute atomic E-state index is 0.130. The first-order valence-electron chi connectivity index (χ1n) is 9.97. The van der Waals surface area contributed by atoms with Gasteiger partial charge in [-0.3, -0.25) is 4.79 Å². The fraction of sp³-hybridized carbons (Fsp3) is 0.429. The van der Waals surface area contributed by atoms with E-state index in [-0.39, 0.29) is 18.0 Å². The Morgan fingerprint density at radius 3 is 2.52 bits per heavy atom. The summed E-state index contributed by atoms with van der Waals surface area (Å²) in [5.74, 6) is -1.10. The highest BCUT2D eigenvalue weighted by molar-refractivity contribution is 7.89. The van der Waals surface area contributed by atoms with Crippen molar-refractivity contribution in [2.45, 2.75) is 32.1 Å². The van der Waals surface area contributed by atoms with Gasteiger partial charge in [-0.25, -0.2) is 13.2 Å². The van der Waals surface area contributed by atoms with E-state index in [4.69, 9.17) is 9.47 Å². The Morgan fingerprint density at radius 1 is 1.16 bits per heavy atom. The normalized spacial score (nSPS) is 14.9. The van der Waals surface area contributed by atoms with Crippen molar-refractivity contribution in [1.29, 1.82) is 0 Å². The fourth-order valence-electron chi connectivity index (χ4n) is 3.25. The molecule has 1 fully saturated rings. The summed E-state index contributed by atoms with van der Waals surface area (Å²) in [6.45, 7) is 6.46. The Balaban J connectivity index is 1.65. The lowest BCUT2D eigenvalue weighted by Crippen LogP contribution is -2.40. The molecule has 1 N–H and O–H groups in total. The molecular formula is C21H26N2O6S2. The Hall–Kier alpha value is -2.27. The van der Waals surface area contributed by atoms with Crippen molar-refractivity contribution < 1.29 is 27.5 Å². The monoisotopic (exact) mass is 466 g/mol. The van der Waals surface area contributed by atoms with Crippen LogP contribution in [0.25, 0.3) is 0 Å². The summed E-state index contributed by atoms with van der Waals surface area (Å²) < 4.78 is 37.6. The van der Waals surface area contributed by atoms with Crippen LogP contribution in [0.15, 0.2) is 29.2 Å². The molecule has 0 spiro atoms. The number of amides is 1. The highest BCUT2D eigenvalue weighted by atomic mass is 32.2. The number of nitrogens with one attached hydrogen (secondary N) is 1. The molecule has 1 aliphatic heterocycles. The van der Waals surface area contributed by atoms with Crippen LogP contribution >= 0.6 is 11.3 Å². The third-order valence-corrected chi connectivity index (χ3v) is 8.34. The van der Waals surface area contributed by atoms with Gasteiger partial charge in [-0.05, 0) is 49.6 Å². The first kappa shape index (κ1) is 23.4. The fourth-order valence-corrected chi connectivity index (χ4v) is 5.92. The van der Waals surface area contributed by atoms with Gasteiger partial charge in [-0.15, -0.1) is 11.3 Å². The molecule has 1 amide bonds. The van der Waals surface area contributed by atoms with E-state index in [1.807, 2.05) is 13.8 Å². The SMILES string of the molecule is CCc1sc(C(=O)OCC(=O)Nc2ccc(C)c(S(=O)(=O)N3CCOCC3)c2)cc1C. The second-order valence-corrected chi connectivity index (χ2v) is 10.2. The van der Waals surface area contributed by atoms with Gasteiger partial charge in [0, 0.05) is 23.7 Å². The van der Waals surface area contributed by atoms with Gasteiger partial charge >= 0.3 is 5.97 Å². The van der Waals surface area contributed by atoms with Crippen molar-refractivity contribution in [1.82, 2.24) is 4.31 Å². The van der Waals surface area contributed by atoms with E-state index >= 15 is 0 Å². The number of morpholine rings is 1. The molecule has 31 heavy (non-hydrogen) atoms. The highest BCUT2D eigenvalue weighted by Gasteiger charge is 2.28. The summed E-state index contributed by atoms with van der Waals surface area (Å²) >= 11 is 1.36. The van der Waals surface area contributed by atoms with E-state index in [0.29, 0.717) is 29.3 Å². The molecule has 1 saturated heterocycles. The van der Waals surface area contributed by atoms with Crippen molar-refractivity contribution in [3.63, 3.8) is 0 Å². The number of carbonyl (C=O) groups is 2. The minimum atomic E-state index is -3.70. The summed E-state index contributed by atoms with van der Waals surface area (Å²) in [5.41, 5.74) is 1.92. The topological polar surface area (TPSA) is 102 Å². The first-order chi connectivity index (χ1) is 14.7. The van der Waals surface area contributed by atoms with Gasteiger partial charge in [-0.2, -0.15) is 4.31 Å². The Labute approximate surface area is 186 Å². The average molecular weight is 467 g/mol. The number of thiophene rings is 1. The van der Waals surface area contributed by atoms with Crippen LogP contribution < -0.4 is 5.32 Å². The summed E-state index contributed by atoms with van der Waals surface area (Å²) in [7, 11) is -3.70. The van der Waals surface area contributed by atoms with E-state index < -0.39 is 28.5 Å². The smallest absolute Gasteiger partial charge is 0.348 e. The number of benzene rings is 1. The van der Waals surface area contributed by atoms with E-state index in [2.05, 4.69) is 5.32 Å². The maximum atomic E-state index is 13.0. The molecule has 2 heterocycles. The number of nitrogens with zero attached hydrogens (tertiary/aromatic N) is 1. The van der Waals surface area contributed by atoms with E-state index in [9.17, 15) is 18.0 Å². The predicted molar refractivity (Wildman–Crippen MR) is 118 cm³/mol. The third kappa shape index (κ3) is 5.51. The van der Waals surface area contributed by atoms with Crippen molar-refractivity contribution >= 4 is 38.9 Å². The Morgan fingerprint density at radius 2 is 1.87 bits per heavy atom. The summed E-state index contributed by atoms with van der Waals surface area (Å²) in [6.07, 6.45) is 0.827. The van der Waals surface area contributed by atoms with Crippen molar-refractivity contribution in [3.8, 4) is 0 Å². The van der Waals surface area contributed by atoms with Crippen LogP contribution in [0.3, 0.4) is 0 Å². The maximum Gasteiger partial charge on any atom is 0.348 e. The number of sulfonamides is 1. The molecule has 0 bridgehead atoms. The van der Waals surface area contributed by atoms with Gasteiger partial charge in [0.15, 0.2) is 6.61 Å². The maximum absolute atomic E-state index is 13.0. The molecule has 0 saturated carbocycles. The lowest BCUT2D eigenvalue weighted by atomic mass is 10.2. The van der Waals surface area contributed by atoms with Crippen LogP contribution in [0.1, 0.15) is 32.6 Å². The molecule has 0 aliphatic carbocycles. The van der Waals surface area contributed by atoms with Gasteiger partial charge in [0.25, 0.3) is 5.91 Å². The zero-order valence-corrected chi connectivity index (χ0v) is 19.4. The van der Waals surface area contributed by atoms with Crippen LogP contribution in [-0.4, -0.2) is 57.5 Å². The Bertz CT molecular complexity index is 1070. The van der Waals surface area contributed by atoms with Crippen LogP contribution in [0, 0.1) is 13.8 Å². The van der Waals surface area contributed by atoms with E-state index in [1.165, 1.54) is 21.7 Å². The molecule has 0 unspecified atom stereocenters. The first-order valence-corrected chi connectivity index (χ1v) is 12.2. The largest absolute Gasteiger partial charge is 0.451 e. The summed E-state index contributed by atoms with van der Waals surface area (Å²) in [5, 5.41) is 2.60. The molecule has 168 valence electrons. The zero-order valence-electron chi connectivity index (χ0n) is 17.8. The average Bonchev–Trinajstić information content (AvgIpc) is 3.14. The van der Waals surface area contributed by atoms with Gasteiger partial charge in [0.1, 0.15) is 4.88 Å². The van der Waals surface area contributed by atoms with Crippen LogP contribution in [0.2, 0.25) is 0 Å². The number of ether oxygens (including phenoxy) is 2. The van der Waals surface area contributed by atoms with Crippen LogP contribution in [-0.2, 0) is 30.7 Å². The Kier molecular flexibility index (Phi) is 7.47. The van der Waals surface area contributed by atoms with Crippen molar-refractivity contribution in [2.75, 3.05) is 38.2 Å². The molecule has 0 atom stereocenters. The van der Waals surface area contributed by atoms with Gasteiger partial charge in [0.05, 0.1) is 18.1 Å². The van der Waals surface area contributed by atoms with Gasteiger partial charge < -0.3 is 14.8 Å². The van der Waals surface area contributed by atoms with E-state index in [0.717, 1.165) is 16.9 Å². The number of anilines is 1. The second kappa shape index (κ2) is 9.90. The summed E-state index contributed by atoms with van der Waals surface area (Å²) in [4.78, 5) is 26.2. The number of rotatable bonds is 7. The molecule has 1 aliphatic rings. The lowest BCUT2D eigenvalue weighted by molar-refractivity contribution is -0.119. The van der Waals surface area contributed by atoms with Crippen molar-refractivity contribution in [3.05, 3.63) is 45.1 Å².